The topological polar surface area (TPSA) is 18.5 Å². The van der Waals surface area contributed by atoms with E-state index in [-0.39, 0.29) is 0 Å². The first-order chi connectivity index (χ1) is 24.0. The van der Waals surface area contributed by atoms with Gasteiger partial charge in [0, 0.05) is 27.3 Å². The Balaban J connectivity index is 1.32. The lowest BCUT2D eigenvalue weighted by Crippen LogP contribution is -2.12. The van der Waals surface area contributed by atoms with Crippen LogP contribution in [-0.4, -0.2) is 32.8 Å². The monoisotopic (exact) mass is 700 g/mol. The highest BCUT2D eigenvalue weighted by molar-refractivity contribution is 7.17. The fraction of sp³-hybridized carbons (Fsp3) is 0.409. The standard InChI is InChI=1S/C44H52O2SSi2/c1-6-9-11-12-13-14-15-16-21-35-22-25-44(48-35)41-24-23-40(47-41)36-29-39(46-31-33(8-3)19-10-7-2)37(30-38(36)45-5)43-27-26-42(49-43)34-20-17-18-32(4)28-34/h17-18,20,22-30,33H,6-15,19,31H2,1-5H3. The van der Waals surface area contributed by atoms with E-state index in [9.17, 15) is 0 Å². The Bertz CT molecular complexity index is 1750. The number of unbranched alkanes of at least 4 members (excludes halogenated alkanes) is 7. The summed E-state index contributed by atoms with van der Waals surface area (Å²) >= 11 is 1.84. The lowest BCUT2D eigenvalue weighted by molar-refractivity contribution is 0.233. The molecule has 0 fully saturated rings. The molecule has 1 aromatic heterocycles. The third-order valence-corrected chi connectivity index (χ3v) is 13.4. The smallest absolute Gasteiger partial charge is 0.135 e. The molecule has 0 N–H and O–H groups in total. The highest BCUT2D eigenvalue weighted by Crippen LogP contribution is 2.44. The molecule has 254 valence electrons. The van der Waals surface area contributed by atoms with Crippen LogP contribution in [0.5, 0.6) is 11.5 Å². The van der Waals surface area contributed by atoms with Crippen LogP contribution in [-0.2, 0) is 0 Å². The maximum Gasteiger partial charge on any atom is 0.135 e. The van der Waals surface area contributed by atoms with E-state index in [2.05, 4.69) is 112 Å². The van der Waals surface area contributed by atoms with Crippen LogP contribution < -0.4 is 9.47 Å². The Labute approximate surface area is 305 Å². The van der Waals surface area contributed by atoms with Crippen molar-refractivity contribution in [1.29, 1.82) is 0 Å². The van der Waals surface area contributed by atoms with Crippen molar-refractivity contribution in [3.63, 3.8) is 0 Å². The van der Waals surface area contributed by atoms with Gasteiger partial charge in [-0.1, -0.05) is 143 Å². The van der Waals surface area contributed by atoms with Crippen molar-refractivity contribution in [2.24, 2.45) is 5.92 Å². The lowest BCUT2D eigenvalue weighted by Gasteiger charge is -2.20. The van der Waals surface area contributed by atoms with E-state index < -0.39 is 0 Å². The van der Waals surface area contributed by atoms with E-state index in [4.69, 9.17) is 9.47 Å². The third kappa shape index (κ3) is 10.4. The van der Waals surface area contributed by atoms with Crippen LogP contribution in [0.3, 0.4) is 0 Å². The zero-order valence-electron chi connectivity index (χ0n) is 30.2. The Morgan fingerprint density at radius 1 is 0.735 bits per heavy atom. The lowest BCUT2D eigenvalue weighted by atomic mass is 10.0. The van der Waals surface area contributed by atoms with Crippen LogP contribution in [0, 0.1) is 24.7 Å². The summed E-state index contributed by atoms with van der Waals surface area (Å²) in [5.41, 5.74) is 4.84. The molecule has 2 nitrogen and oxygen atoms in total. The number of ether oxygens (including phenoxy) is 2. The third-order valence-electron chi connectivity index (χ3n) is 9.33. The number of aryl methyl sites for hydroxylation is 1. The van der Waals surface area contributed by atoms with E-state index in [1.165, 1.54) is 99.5 Å². The van der Waals surface area contributed by atoms with Crippen molar-refractivity contribution < 1.29 is 9.47 Å². The van der Waals surface area contributed by atoms with Gasteiger partial charge in [-0.15, -0.1) is 11.3 Å². The molecule has 0 amide bonds. The van der Waals surface area contributed by atoms with Crippen LogP contribution in [0.4, 0.5) is 0 Å². The van der Waals surface area contributed by atoms with Gasteiger partial charge in [0.1, 0.15) is 30.5 Å². The molecule has 1 atom stereocenters. The molecular weight excluding hydrogens is 649 g/mol. The van der Waals surface area contributed by atoms with Crippen LogP contribution in [0.15, 0.2) is 78.0 Å². The van der Waals surface area contributed by atoms with Crippen molar-refractivity contribution in [3.8, 4) is 33.8 Å². The summed E-state index contributed by atoms with van der Waals surface area (Å²) in [5.74, 6) is 9.32. The minimum Gasteiger partial charge on any atom is -0.496 e. The van der Waals surface area contributed by atoms with Gasteiger partial charge in [-0.3, -0.25) is 0 Å². The highest BCUT2D eigenvalue weighted by atomic mass is 32.1. The Hall–Kier alpha value is -3.31. The van der Waals surface area contributed by atoms with Gasteiger partial charge >= 0.3 is 0 Å². The molecule has 3 aromatic rings. The Morgan fingerprint density at radius 2 is 1.49 bits per heavy atom. The van der Waals surface area contributed by atoms with E-state index in [0.717, 1.165) is 42.1 Å². The second-order valence-corrected chi connectivity index (χ2v) is 16.9. The van der Waals surface area contributed by atoms with Gasteiger partial charge in [0.25, 0.3) is 0 Å². The molecule has 0 spiro atoms. The van der Waals surface area contributed by atoms with E-state index >= 15 is 0 Å². The summed E-state index contributed by atoms with van der Waals surface area (Å²) < 4.78 is 12.9. The molecule has 0 saturated heterocycles. The molecule has 3 heterocycles. The van der Waals surface area contributed by atoms with Crippen LogP contribution in [0.1, 0.15) is 113 Å². The number of rotatable bonds is 18. The molecule has 2 aliphatic rings. The predicted molar refractivity (Wildman–Crippen MR) is 216 cm³/mol. The van der Waals surface area contributed by atoms with Crippen molar-refractivity contribution in [3.05, 3.63) is 99.6 Å². The summed E-state index contributed by atoms with van der Waals surface area (Å²) in [4.78, 5) is 2.51. The molecule has 0 aliphatic carbocycles. The number of allylic oxidation sites excluding steroid dienone is 5. The average molecular weight is 701 g/mol. The fourth-order valence-corrected chi connectivity index (χ4v) is 9.78. The number of benzene rings is 2. The van der Waals surface area contributed by atoms with Crippen molar-refractivity contribution in [2.45, 2.75) is 98.3 Å². The molecule has 0 saturated carbocycles. The minimum atomic E-state index is 0.554. The minimum absolute atomic E-state index is 0.554. The zero-order chi connectivity index (χ0) is 34.4. The summed E-state index contributed by atoms with van der Waals surface area (Å²) in [6.45, 7) is 9.73. The van der Waals surface area contributed by atoms with E-state index in [0.29, 0.717) is 25.0 Å². The quantitative estimate of drug-likeness (QED) is 0.0747. The number of methoxy groups -OCH3 is 1. The van der Waals surface area contributed by atoms with Gasteiger partial charge in [0.05, 0.1) is 13.7 Å². The molecule has 1 unspecified atom stereocenters. The van der Waals surface area contributed by atoms with Gasteiger partial charge in [-0.2, -0.15) is 0 Å². The first-order valence-corrected chi connectivity index (χ1v) is 21.2. The summed E-state index contributed by atoms with van der Waals surface area (Å²) in [6.07, 6.45) is 22.7. The van der Waals surface area contributed by atoms with Gasteiger partial charge in [-0.05, 0) is 71.1 Å². The summed E-state index contributed by atoms with van der Waals surface area (Å²) in [6, 6.07) is 17.8. The second-order valence-electron chi connectivity index (χ2n) is 13.2. The molecular formula is C44H52O2SSi2. The molecule has 4 radical (unpaired) electrons. The van der Waals surface area contributed by atoms with E-state index in [1.807, 2.05) is 11.3 Å². The van der Waals surface area contributed by atoms with E-state index in [1.54, 1.807) is 7.11 Å². The first kappa shape index (κ1) is 37.0. The maximum atomic E-state index is 6.78. The van der Waals surface area contributed by atoms with Crippen molar-refractivity contribution >= 4 is 46.0 Å². The fourth-order valence-electron chi connectivity index (χ4n) is 6.28. The second kappa shape index (κ2) is 19.2. The van der Waals surface area contributed by atoms with Crippen molar-refractivity contribution in [2.75, 3.05) is 13.7 Å². The summed E-state index contributed by atoms with van der Waals surface area (Å²) in [5, 5.41) is 5.31. The molecule has 0 bridgehead atoms. The van der Waals surface area contributed by atoms with Crippen LogP contribution in [0.2, 0.25) is 0 Å². The SMILES string of the molecule is CCCCCCCCC#CC1=CC=C(c2ccc(-c3cc(OCC(CC)CCCC)c(C4=CC=C(c5cccc(C)c5)[Si]4)cc3OC)s2)[Si]1. The van der Waals surface area contributed by atoms with Crippen LogP contribution in [0.25, 0.3) is 26.0 Å². The molecule has 5 rings (SSSR count). The van der Waals surface area contributed by atoms with Gasteiger partial charge in [0.2, 0.25) is 0 Å². The number of thiophene rings is 1. The number of hydrogen-bond acceptors (Lipinski definition) is 3. The molecule has 2 aromatic carbocycles. The maximum absolute atomic E-state index is 6.78. The molecule has 5 heteroatoms. The normalized spacial score (nSPS) is 14.5. The molecule has 49 heavy (non-hydrogen) atoms. The Morgan fingerprint density at radius 3 is 2.29 bits per heavy atom. The van der Waals surface area contributed by atoms with Crippen molar-refractivity contribution in [1.82, 2.24) is 0 Å². The van der Waals surface area contributed by atoms with Crippen LogP contribution >= 0.6 is 11.3 Å². The number of hydrogen-bond donors (Lipinski definition) is 0. The first-order valence-electron chi connectivity index (χ1n) is 18.4. The molecule has 2 aliphatic heterocycles. The van der Waals surface area contributed by atoms with Gasteiger partial charge < -0.3 is 9.47 Å². The predicted octanol–water partition coefficient (Wildman–Crippen LogP) is 12.1. The van der Waals surface area contributed by atoms with Gasteiger partial charge in [0.15, 0.2) is 0 Å². The average Bonchev–Trinajstić information content (AvgIpc) is 3.91. The Kier molecular flexibility index (Phi) is 14.5. The summed E-state index contributed by atoms with van der Waals surface area (Å²) in [7, 11) is 2.98. The highest BCUT2D eigenvalue weighted by Gasteiger charge is 2.23. The zero-order valence-corrected chi connectivity index (χ0v) is 33.0. The van der Waals surface area contributed by atoms with Gasteiger partial charge in [-0.25, -0.2) is 0 Å². The largest absolute Gasteiger partial charge is 0.496 e.